The molecule has 0 aliphatic carbocycles. The molecule has 0 aromatic heterocycles. The average molecular weight is 565 g/mol. The number of piperazine rings is 1. The van der Waals surface area contributed by atoms with Crippen molar-refractivity contribution in [2.75, 3.05) is 43.1 Å². The summed E-state index contributed by atoms with van der Waals surface area (Å²) in [5, 5.41) is 0. The number of amides is 1. The number of anilines is 1. The Balaban J connectivity index is 1.56. The van der Waals surface area contributed by atoms with Crippen molar-refractivity contribution < 1.29 is 43.9 Å². The quantitative estimate of drug-likeness (QED) is 0.515. The van der Waals surface area contributed by atoms with Crippen LogP contribution in [0.25, 0.3) is 0 Å². The maximum atomic E-state index is 14.8. The molecule has 1 amide bonds. The van der Waals surface area contributed by atoms with Gasteiger partial charge >= 0.3 is 6.18 Å². The molecule has 2 aromatic carbocycles. The molecule has 2 heterocycles. The van der Waals surface area contributed by atoms with E-state index in [9.17, 15) is 39.2 Å². The molecule has 1 fully saturated rings. The first kappa shape index (κ1) is 27.2. The van der Waals surface area contributed by atoms with Crippen LogP contribution in [0.15, 0.2) is 40.1 Å². The Morgan fingerprint density at radius 1 is 1.08 bits per heavy atom. The lowest BCUT2D eigenvalue weighted by Crippen LogP contribution is -2.49. The highest BCUT2D eigenvalue weighted by Gasteiger charge is 2.39. The molecule has 2 aliphatic heterocycles. The number of carbonyl (C=O) groups excluding carboxylic acids is 1. The summed E-state index contributed by atoms with van der Waals surface area (Å²) in [5.74, 6) is -1.93. The van der Waals surface area contributed by atoms with Crippen molar-refractivity contribution in [3.63, 3.8) is 0 Å². The number of sulfone groups is 2. The summed E-state index contributed by atoms with van der Waals surface area (Å²) in [6.07, 6.45) is -5.77. The van der Waals surface area contributed by atoms with Gasteiger partial charge in [-0.1, -0.05) is 0 Å². The zero-order chi connectivity index (χ0) is 27.3. The second-order valence-electron chi connectivity index (χ2n) is 8.99. The summed E-state index contributed by atoms with van der Waals surface area (Å²) in [7, 11) is -7.27. The molecule has 1 atom stereocenters. The predicted molar refractivity (Wildman–Crippen MR) is 126 cm³/mol. The van der Waals surface area contributed by atoms with E-state index in [4.69, 9.17) is 4.74 Å². The minimum atomic E-state index is -4.71. The Morgan fingerprint density at radius 3 is 2.32 bits per heavy atom. The van der Waals surface area contributed by atoms with Crippen LogP contribution in [0.5, 0.6) is 5.75 Å². The Kier molecular flexibility index (Phi) is 6.95. The number of aryl methyl sites for hydroxylation is 1. The monoisotopic (exact) mass is 564 g/mol. The number of benzene rings is 2. The highest BCUT2D eigenvalue weighted by Crippen LogP contribution is 2.34. The number of fused-ring (bicyclic) bond motifs is 1. The first-order chi connectivity index (χ1) is 17.1. The topological polar surface area (TPSA) is 101 Å². The fourth-order valence-corrected chi connectivity index (χ4v) is 6.46. The molecule has 0 saturated carbocycles. The first-order valence-corrected chi connectivity index (χ1v) is 14.8. The number of hydrogen-bond donors (Lipinski definition) is 0. The number of hydrogen-bond acceptors (Lipinski definition) is 7. The van der Waals surface area contributed by atoms with Gasteiger partial charge in [-0.25, -0.2) is 21.2 Å². The van der Waals surface area contributed by atoms with Crippen molar-refractivity contribution in [1.82, 2.24) is 4.90 Å². The number of alkyl halides is 3. The van der Waals surface area contributed by atoms with Gasteiger partial charge in [0.2, 0.25) is 0 Å². The molecular weight excluding hydrogens is 540 g/mol. The Bertz CT molecular complexity index is 1450. The van der Waals surface area contributed by atoms with E-state index in [0.717, 1.165) is 37.4 Å². The number of rotatable bonds is 5. The van der Waals surface area contributed by atoms with Crippen LogP contribution in [-0.4, -0.2) is 78.1 Å². The van der Waals surface area contributed by atoms with Gasteiger partial charge in [-0.15, -0.1) is 0 Å². The Morgan fingerprint density at radius 2 is 1.73 bits per heavy atom. The highest BCUT2D eigenvalue weighted by atomic mass is 32.2. The second kappa shape index (κ2) is 9.46. The fraction of sp³-hybridized carbons (Fsp3) is 0.435. The molecule has 37 heavy (non-hydrogen) atoms. The molecule has 8 nitrogen and oxygen atoms in total. The molecule has 1 saturated heterocycles. The molecule has 2 aromatic rings. The van der Waals surface area contributed by atoms with Crippen LogP contribution < -0.4 is 9.64 Å². The SMILES string of the molecule is C[C@H](Oc1ccc(S(C)(=O)=O)cc1C(=O)N1CCN(c2cc3c(cc2F)S(=O)(=O)CC3)CC1)C(F)(F)F. The number of nitrogens with zero attached hydrogens (tertiary/aromatic N) is 2. The molecule has 202 valence electrons. The molecule has 0 unspecified atom stereocenters. The van der Waals surface area contributed by atoms with E-state index in [0.29, 0.717) is 5.56 Å². The molecule has 0 radical (unpaired) electrons. The molecule has 2 aliphatic rings. The van der Waals surface area contributed by atoms with Gasteiger partial charge in [0, 0.05) is 32.4 Å². The smallest absolute Gasteiger partial charge is 0.425 e. The standard InChI is InChI=1S/C23H24F4N2O6S2/c1-14(23(25,26)27)35-20-4-3-16(36(2,31)32)12-17(20)22(30)29-8-6-28(7-9-29)19-11-15-5-10-37(33,34)21(15)13-18(19)24/h3-4,11-14H,5-10H2,1-2H3/t14-/m0/s1. The second-order valence-corrected chi connectivity index (χ2v) is 13.1. The number of halogens is 4. The van der Waals surface area contributed by atoms with Gasteiger partial charge in [0.1, 0.15) is 11.6 Å². The van der Waals surface area contributed by atoms with Crippen LogP contribution in [0.3, 0.4) is 0 Å². The summed E-state index contributed by atoms with van der Waals surface area (Å²) >= 11 is 0. The Labute approximate surface area is 211 Å². The van der Waals surface area contributed by atoms with Crippen LogP contribution in [-0.2, 0) is 26.1 Å². The van der Waals surface area contributed by atoms with E-state index < -0.39 is 49.4 Å². The maximum Gasteiger partial charge on any atom is 0.425 e. The summed E-state index contributed by atoms with van der Waals surface area (Å²) < 4.78 is 107. The van der Waals surface area contributed by atoms with Gasteiger partial charge in [-0.05, 0) is 49.2 Å². The minimum absolute atomic E-state index is 0.0195. The van der Waals surface area contributed by atoms with E-state index in [1.54, 1.807) is 4.90 Å². The normalized spacial score (nSPS) is 18.4. The van der Waals surface area contributed by atoms with Crippen molar-refractivity contribution in [2.45, 2.75) is 35.4 Å². The lowest BCUT2D eigenvalue weighted by atomic mass is 10.1. The average Bonchev–Trinajstić information content (AvgIpc) is 3.10. The van der Waals surface area contributed by atoms with Gasteiger partial charge in [-0.3, -0.25) is 4.79 Å². The third-order valence-corrected chi connectivity index (χ3v) is 9.29. The molecule has 0 spiro atoms. The van der Waals surface area contributed by atoms with E-state index in [1.165, 1.54) is 11.0 Å². The van der Waals surface area contributed by atoms with E-state index in [2.05, 4.69) is 0 Å². The van der Waals surface area contributed by atoms with Crippen LogP contribution >= 0.6 is 0 Å². The van der Waals surface area contributed by atoms with Gasteiger partial charge in [0.15, 0.2) is 25.8 Å². The molecule has 4 rings (SSSR count). The lowest BCUT2D eigenvalue weighted by molar-refractivity contribution is -0.189. The first-order valence-electron chi connectivity index (χ1n) is 11.2. The van der Waals surface area contributed by atoms with E-state index in [1.807, 2.05) is 0 Å². The van der Waals surface area contributed by atoms with Crippen molar-refractivity contribution in [3.8, 4) is 5.75 Å². The van der Waals surface area contributed by atoms with Crippen LogP contribution in [0.4, 0.5) is 23.2 Å². The minimum Gasteiger partial charge on any atom is -0.480 e. The zero-order valence-electron chi connectivity index (χ0n) is 19.9. The van der Waals surface area contributed by atoms with Crippen LogP contribution in [0.2, 0.25) is 0 Å². The number of ether oxygens (including phenoxy) is 1. The van der Waals surface area contributed by atoms with Crippen molar-refractivity contribution in [1.29, 1.82) is 0 Å². The fourth-order valence-electron chi connectivity index (χ4n) is 4.26. The van der Waals surface area contributed by atoms with E-state index >= 15 is 0 Å². The third-order valence-electron chi connectivity index (χ3n) is 6.39. The number of carbonyl (C=O) groups is 1. The van der Waals surface area contributed by atoms with Gasteiger partial charge in [0.05, 0.1) is 26.8 Å². The molecule has 14 heteroatoms. The molecule has 0 bridgehead atoms. The summed E-state index contributed by atoms with van der Waals surface area (Å²) in [5.41, 5.74) is 0.388. The van der Waals surface area contributed by atoms with Gasteiger partial charge in [0.25, 0.3) is 5.91 Å². The molecule has 0 N–H and O–H groups in total. The summed E-state index contributed by atoms with van der Waals surface area (Å²) in [6, 6.07) is 5.58. The van der Waals surface area contributed by atoms with Gasteiger partial charge in [-0.2, -0.15) is 13.2 Å². The summed E-state index contributed by atoms with van der Waals surface area (Å²) in [6.45, 7) is 1.22. The Hall–Kier alpha value is -2.87. The van der Waals surface area contributed by atoms with E-state index in [-0.39, 0.29) is 59.4 Å². The summed E-state index contributed by atoms with van der Waals surface area (Å²) in [4.78, 5) is 16.0. The highest BCUT2D eigenvalue weighted by molar-refractivity contribution is 7.91. The van der Waals surface area contributed by atoms with Gasteiger partial charge < -0.3 is 14.5 Å². The lowest BCUT2D eigenvalue weighted by Gasteiger charge is -2.36. The zero-order valence-corrected chi connectivity index (χ0v) is 21.5. The van der Waals surface area contributed by atoms with Crippen LogP contribution in [0.1, 0.15) is 22.8 Å². The predicted octanol–water partition coefficient (Wildman–Crippen LogP) is 2.85. The molecular formula is C23H24F4N2O6S2. The third kappa shape index (κ3) is 5.54. The van der Waals surface area contributed by atoms with Crippen LogP contribution in [0, 0.1) is 5.82 Å². The largest absolute Gasteiger partial charge is 0.480 e. The van der Waals surface area contributed by atoms with Crippen molar-refractivity contribution in [3.05, 3.63) is 47.3 Å². The van der Waals surface area contributed by atoms with Crippen molar-refractivity contribution >= 4 is 31.3 Å². The maximum absolute atomic E-state index is 14.8. The van der Waals surface area contributed by atoms with Crippen molar-refractivity contribution in [2.24, 2.45) is 0 Å².